The van der Waals surface area contributed by atoms with Gasteiger partial charge in [0.05, 0.1) is 14.2 Å². The minimum absolute atomic E-state index is 0.113. The van der Waals surface area contributed by atoms with Crippen molar-refractivity contribution in [3.8, 4) is 11.5 Å². The van der Waals surface area contributed by atoms with Crippen LogP contribution < -0.4 is 9.47 Å². The van der Waals surface area contributed by atoms with Gasteiger partial charge < -0.3 is 14.2 Å². The predicted molar refractivity (Wildman–Crippen MR) is 135 cm³/mol. The monoisotopic (exact) mass is 450 g/mol. The molecule has 0 unspecified atom stereocenters. The number of hydrogen-bond acceptors (Lipinski definition) is 4. The van der Waals surface area contributed by atoms with E-state index >= 15 is 0 Å². The molecule has 1 aromatic rings. The van der Waals surface area contributed by atoms with Crippen molar-refractivity contribution in [1.82, 2.24) is 0 Å². The van der Waals surface area contributed by atoms with Gasteiger partial charge in [-0.1, -0.05) is 67.5 Å². The third kappa shape index (κ3) is 7.81. The Morgan fingerprint density at radius 3 is 2.52 bits per heavy atom. The molecule has 1 aromatic carbocycles. The molecule has 178 valence electrons. The van der Waals surface area contributed by atoms with Gasteiger partial charge >= 0.3 is 5.97 Å². The molecule has 1 aliphatic rings. The summed E-state index contributed by atoms with van der Waals surface area (Å²) in [6.07, 6.45) is 15.5. The quantitative estimate of drug-likeness (QED) is 0.225. The van der Waals surface area contributed by atoms with Crippen molar-refractivity contribution in [3.05, 3.63) is 82.5 Å². The summed E-state index contributed by atoms with van der Waals surface area (Å²) in [7, 11) is 3.14. The molecule has 0 saturated heterocycles. The van der Waals surface area contributed by atoms with Crippen LogP contribution in [0.15, 0.2) is 76.9 Å². The zero-order valence-corrected chi connectivity index (χ0v) is 21.2. The van der Waals surface area contributed by atoms with Gasteiger partial charge in [-0.15, -0.1) is 0 Å². The number of para-hydroxylation sites is 1. The number of carbonyl (C=O) groups excluding carboxylic acids is 1. The normalized spacial score (nSPS) is 17.1. The Bertz CT molecular complexity index is 987. The highest BCUT2D eigenvalue weighted by Gasteiger charge is 2.26. The predicted octanol–water partition coefficient (Wildman–Crippen LogP) is 7.28. The van der Waals surface area contributed by atoms with E-state index in [9.17, 15) is 4.79 Å². The molecule has 0 bridgehead atoms. The van der Waals surface area contributed by atoms with Gasteiger partial charge in [-0.05, 0) is 62.7 Å². The van der Waals surface area contributed by atoms with Crippen molar-refractivity contribution in [1.29, 1.82) is 0 Å². The van der Waals surface area contributed by atoms with Crippen molar-refractivity contribution < 1.29 is 19.0 Å². The van der Waals surface area contributed by atoms with E-state index in [1.807, 2.05) is 37.3 Å². The lowest BCUT2D eigenvalue weighted by Crippen LogP contribution is -2.19. The van der Waals surface area contributed by atoms with Gasteiger partial charge in [-0.2, -0.15) is 0 Å². The molecule has 0 atom stereocenters. The van der Waals surface area contributed by atoms with E-state index in [0.29, 0.717) is 11.5 Å². The van der Waals surface area contributed by atoms with Crippen LogP contribution in [0.5, 0.6) is 11.5 Å². The molecule has 33 heavy (non-hydrogen) atoms. The summed E-state index contributed by atoms with van der Waals surface area (Å²) in [6, 6.07) is 5.49. The number of ether oxygens (including phenoxy) is 3. The lowest BCUT2D eigenvalue weighted by Gasteiger charge is -2.32. The standard InChI is InChI=1S/C29H38O4/c1-21(16-17-25-23(3)13-10-18-29(25,4)5)11-8-12-22(2)19-27(30)33-20-24-14-9-15-26(31-6)28(24)32-7/h8-9,11-12,14-17,19H,10,13,18,20H2,1-7H3/b12-8+,17-16+,21-11+,22-19+. The first-order valence-electron chi connectivity index (χ1n) is 11.5. The lowest BCUT2D eigenvalue weighted by molar-refractivity contribution is -0.139. The highest BCUT2D eigenvalue weighted by Crippen LogP contribution is 2.40. The minimum Gasteiger partial charge on any atom is -0.493 e. The van der Waals surface area contributed by atoms with Gasteiger partial charge in [-0.25, -0.2) is 4.79 Å². The third-order valence-electron chi connectivity index (χ3n) is 5.97. The Kier molecular flexibility index (Phi) is 9.77. The first-order valence-corrected chi connectivity index (χ1v) is 11.5. The van der Waals surface area contributed by atoms with Gasteiger partial charge in [0.25, 0.3) is 0 Å². The summed E-state index contributed by atoms with van der Waals surface area (Å²) >= 11 is 0. The van der Waals surface area contributed by atoms with E-state index in [0.717, 1.165) is 16.7 Å². The Labute approximate surface area is 199 Å². The maximum Gasteiger partial charge on any atom is 0.331 e. The molecule has 0 fully saturated rings. The Morgan fingerprint density at radius 1 is 1.09 bits per heavy atom. The first-order chi connectivity index (χ1) is 15.7. The fraction of sp³-hybridized carbons (Fsp3) is 0.414. The van der Waals surface area contributed by atoms with Crippen molar-refractivity contribution >= 4 is 5.97 Å². The van der Waals surface area contributed by atoms with Gasteiger partial charge in [-0.3, -0.25) is 0 Å². The van der Waals surface area contributed by atoms with Gasteiger partial charge in [0.1, 0.15) is 6.61 Å². The zero-order chi connectivity index (χ0) is 24.4. The number of hydrogen-bond donors (Lipinski definition) is 0. The molecule has 2 rings (SSSR count). The summed E-state index contributed by atoms with van der Waals surface area (Å²) in [5.74, 6) is 0.782. The summed E-state index contributed by atoms with van der Waals surface area (Å²) < 4.78 is 16.0. The van der Waals surface area contributed by atoms with Crippen molar-refractivity contribution in [2.45, 2.75) is 60.5 Å². The van der Waals surface area contributed by atoms with E-state index in [1.165, 1.54) is 36.5 Å². The van der Waals surface area contributed by atoms with Gasteiger partial charge in [0, 0.05) is 11.6 Å². The van der Waals surface area contributed by atoms with Crippen molar-refractivity contribution in [2.24, 2.45) is 5.41 Å². The summed E-state index contributed by atoms with van der Waals surface area (Å²) in [4.78, 5) is 12.2. The fourth-order valence-corrected chi connectivity index (χ4v) is 4.12. The van der Waals surface area contributed by atoms with Crippen LogP contribution in [0.2, 0.25) is 0 Å². The Morgan fingerprint density at radius 2 is 1.85 bits per heavy atom. The molecule has 0 heterocycles. The maximum absolute atomic E-state index is 12.2. The number of benzene rings is 1. The van der Waals surface area contributed by atoms with Crippen LogP contribution in [0.25, 0.3) is 0 Å². The smallest absolute Gasteiger partial charge is 0.331 e. The SMILES string of the molecule is COc1cccc(COC(=O)/C=C(C)/C=C/C=C(C)/C=C/C2=C(C)CCCC2(C)C)c1OC. The van der Waals surface area contributed by atoms with Gasteiger partial charge in [0.2, 0.25) is 0 Å². The molecule has 0 spiro atoms. The molecule has 0 radical (unpaired) electrons. The Balaban J connectivity index is 1.95. The third-order valence-corrected chi connectivity index (χ3v) is 5.97. The summed E-state index contributed by atoms with van der Waals surface area (Å²) in [6.45, 7) is 11.0. The van der Waals surface area contributed by atoms with E-state index in [4.69, 9.17) is 14.2 Å². The average molecular weight is 451 g/mol. The highest BCUT2D eigenvalue weighted by atomic mass is 16.5. The Hall–Kier alpha value is -3.01. The first kappa shape index (κ1) is 26.2. The second kappa shape index (κ2) is 12.3. The van der Waals surface area contributed by atoms with Crippen LogP contribution in [-0.2, 0) is 16.1 Å². The van der Waals surface area contributed by atoms with E-state index in [1.54, 1.807) is 20.3 Å². The summed E-state index contributed by atoms with van der Waals surface area (Å²) in [5, 5.41) is 0. The molecule has 4 nitrogen and oxygen atoms in total. The van der Waals surface area contributed by atoms with Crippen LogP contribution in [0.4, 0.5) is 0 Å². The van der Waals surface area contributed by atoms with E-state index in [-0.39, 0.29) is 12.0 Å². The van der Waals surface area contributed by atoms with Crippen molar-refractivity contribution in [2.75, 3.05) is 14.2 Å². The molecular weight excluding hydrogens is 412 g/mol. The largest absolute Gasteiger partial charge is 0.493 e. The molecule has 1 aliphatic carbocycles. The molecule has 0 aromatic heterocycles. The average Bonchev–Trinajstić information content (AvgIpc) is 2.76. The van der Waals surface area contributed by atoms with Gasteiger partial charge in [0.15, 0.2) is 11.5 Å². The second-order valence-electron chi connectivity index (χ2n) is 9.18. The molecule has 0 N–H and O–H groups in total. The van der Waals surface area contributed by atoms with Crippen LogP contribution in [-0.4, -0.2) is 20.2 Å². The molecular formula is C29H38O4. The number of allylic oxidation sites excluding steroid dienone is 9. The molecule has 0 saturated carbocycles. The zero-order valence-electron chi connectivity index (χ0n) is 21.2. The number of rotatable bonds is 9. The van der Waals surface area contributed by atoms with Crippen molar-refractivity contribution in [3.63, 3.8) is 0 Å². The highest BCUT2D eigenvalue weighted by molar-refractivity contribution is 5.83. The van der Waals surface area contributed by atoms with Crippen LogP contribution >= 0.6 is 0 Å². The van der Waals surface area contributed by atoms with Crippen LogP contribution in [0.1, 0.15) is 59.4 Å². The number of methoxy groups -OCH3 is 2. The minimum atomic E-state index is -0.399. The summed E-state index contributed by atoms with van der Waals surface area (Å²) in [5.41, 5.74) is 5.92. The topological polar surface area (TPSA) is 44.8 Å². The lowest BCUT2D eigenvalue weighted by atomic mass is 9.72. The van der Waals surface area contributed by atoms with E-state index < -0.39 is 5.97 Å². The number of esters is 1. The molecule has 0 amide bonds. The fourth-order valence-electron chi connectivity index (χ4n) is 4.12. The number of carbonyl (C=O) groups is 1. The second-order valence-corrected chi connectivity index (χ2v) is 9.18. The van der Waals surface area contributed by atoms with E-state index in [2.05, 4.69) is 39.8 Å². The van der Waals surface area contributed by atoms with Crippen LogP contribution in [0.3, 0.4) is 0 Å². The van der Waals surface area contributed by atoms with Crippen LogP contribution in [0, 0.1) is 5.41 Å². The molecule has 4 heteroatoms. The molecule has 0 aliphatic heterocycles. The maximum atomic E-state index is 12.2.